The number of carbonyl (C=O) groups excluding carboxylic acids is 1. The minimum Gasteiger partial charge on any atom is -0.336 e. The summed E-state index contributed by atoms with van der Waals surface area (Å²) < 4.78 is 14.0. The number of nitrogens with zero attached hydrogens (tertiary/aromatic N) is 3. The Morgan fingerprint density at radius 2 is 1.85 bits per heavy atom. The van der Waals surface area contributed by atoms with Crippen LogP contribution in [0.3, 0.4) is 0 Å². The number of piperazine rings is 1. The Kier molecular flexibility index (Phi) is 5.63. The lowest BCUT2D eigenvalue weighted by Crippen LogP contribution is -2.48. The van der Waals surface area contributed by atoms with Gasteiger partial charge in [-0.1, -0.05) is 18.2 Å². The molecule has 1 saturated heterocycles. The summed E-state index contributed by atoms with van der Waals surface area (Å²) in [5.41, 5.74) is 1.08. The van der Waals surface area contributed by atoms with Gasteiger partial charge in [-0.05, 0) is 34.1 Å². The van der Waals surface area contributed by atoms with Gasteiger partial charge >= 0.3 is 0 Å². The molecule has 3 rings (SSSR count). The second-order valence-corrected chi connectivity index (χ2v) is 6.94. The van der Waals surface area contributed by atoms with Crippen LogP contribution in [0.5, 0.6) is 0 Å². The summed E-state index contributed by atoms with van der Waals surface area (Å²) in [6, 6.07) is 11.0. The average molecular weight is 422 g/mol. The Labute approximate surface area is 158 Å². The summed E-state index contributed by atoms with van der Waals surface area (Å²) in [4.78, 5) is 27.0. The maximum absolute atomic E-state index is 13.6. The normalized spacial score (nSPS) is 15.1. The molecule has 8 heteroatoms. The standard InChI is InChI=1S/C18H17BrFN3O3/c19-15-6-5-13(11-16(15)20)18(24)22-9-7-21(8-10-22)12-14-3-1-2-4-17(14)23(25)26/h1-6,11H,7-10,12H2. The van der Waals surface area contributed by atoms with Crippen LogP contribution >= 0.6 is 15.9 Å². The quantitative estimate of drug-likeness (QED) is 0.559. The molecule has 0 radical (unpaired) electrons. The highest BCUT2D eigenvalue weighted by atomic mass is 79.9. The second kappa shape index (κ2) is 7.92. The molecular weight excluding hydrogens is 405 g/mol. The van der Waals surface area contributed by atoms with Crippen LogP contribution < -0.4 is 0 Å². The molecule has 0 bridgehead atoms. The predicted octanol–water partition coefficient (Wildman–Crippen LogP) is 3.45. The molecule has 26 heavy (non-hydrogen) atoms. The molecule has 0 aromatic heterocycles. The zero-order chi connectivity index (χ0) is 18.7. The molecule has 0 saturated carbocycles. The van der Waals surface area contributed by atoms with Crippen LogP contribution in [0.25, 0.3) is 0 Å². The minimum atomic E-state index is -0.467. The molecule has 6 nitrogen and oxygen atoms in total. The van der Waals surface area contributed by atoms with Gasteiger partial charge in [0.2, 0.25) is 0 Å². The Morgan fingerprint density at radius 3 is 2.50 bits per heavy atom. The molecular formula is C18H17BrFN3O3. The number of nitro groups is 1. The molecule has 1 amide bonds. The van der Waals surface area contributed by atoms with Crippen molar-refractivity contribution < 1.29 is 14.1 Å². The summed E-state index contributed by atoms with van der Waals surface area (Å²) in [7, 11) is 0. The molecule has 1 aliphatic rings. The highest BCUT2D eigenvalue weighted by Crippen LogP contribution is 2.21. The lowest BCUT2D eigenvalue weighted by Gasteiger charge is -2.34. The largest absolute Gasteiger partial charge is 0.336 e. The van der Waals surface area contributed by atoms with Crippen molar-refractivity contribution >= 4 is 27.5 Å². The van der Waals surface area contributed by atoms with Crippen molar-refractivity contribution in [2.24, 2.45) is 0 Å². The summed E-state index contributed by atoms with van der Waals surface area (Å²) in [6.45, 7) is 2.67. The third-order valence-corrected chi connectivity index (χ3v) is 5.05. The monoisotopic (exact) mass is 421 g/mol. The predicted molar refractivity (Wildman–Crippen MR) is 98.4 cm³/mol. The van der Waals surface area contributed by atoms with Crippen molar-refractivity contribution in [3.63, 3.8) is 0 Å². The SMILES string of the molecule is O=C(c1ccc(Br)c(F)c1)N1CCN(Cc2ccccc2[N+](=O)[O-])CC1. The van der Waals surface area contributed by atoms with Gasteiger partial charge in [-0.25, -0.2) is 4.39 Å². The summed E-state index contributed by atoms with van der Waals surface area (Å²) in [5, 5.41) is 11.1. The smallest absolute Gasteiger partial charge is 0.273 e. The van der Waals surface area contributed by atoms with Crippen molar-refractivity contribution in [3.05, 3.63) is 74.0 Å². The maximum Gasteiger partial charge on any atom is 0.273 e. The van der Waals surface area contributed by atoms with E-state index in [-0.39, 0.29) is 16.5 Å². The minimum absolute atomic E-state index is 0.108. The third kappa shape index (κ3) is 4.08. The van der Waals surface area contributed by atoms with Crippen molar-refractivity contribution in [1.82, 2.24) is 9.80 Å². The van der Waals surface area contributed by atoms with E-state index >= 15 is 0 Å². The molecule has 0 unspecified atom stereocenters. The van der Waals surface area contributed by atoms with E-state index in [1.165, 1.54) is 18.2 Å². The van der Waals surface area contributed by atoms with E-state index < -0.39 is 5.82 Å². The number of hydrogen-bond donors (Lipinski definition) is 0. The van der Waals surface area contributed by atoms with Gasteiger partial charge in [0.25, 0.3) is 11.6 Å². The van der Waals surface area contributed by atoms with E-state index in [9.17, 15) is 19.3 Å². The number of halogens is 2. The first-order valence-corrected chi connectivity index (χ1v) is 8.94. The Balaban J connectivity index is 1.61. The molecule has 0 aliphatic carbocycles. The number of hydrogen-bond acceptors (Lipinski definition) is 4. The van der Waals surface area contributed by atoms with Gasteiger partial charge < -0.3 is 4.90 Å². The topological polar surface area (TPSA) is 66.7 Å². The number of carbonyl (C=O) groups is 1. The highest BCUT2D eigenvalue weighted by molar-refractivity contribution is 9.10. The third-order valence-electron chi connectivity index (χ3n) is 4.41. The zero-order valence-corrected chi connectivity index (χ0v) is 15.5. The second-order valence-electron chi connectivity index (χ2n) is 6.08. The lowest BCUT2D eigenvalue weighted by molar-refractivity contribution is -0.385. The molecule has 1 aliphatic heterocycles. The van der Waals surface area contributed by atoms with Crippen LogP contribution in [0.4, 0.5) is 10.1 Å². The van der Waals surface area contributed by atoms with Gasteiger partial charge in [0.1, 0.15) is 5.82 Å². The van der Waals surface area contributed by atoms with Gasteiger partial charge in [-0.15, -0.1) is 0 Å². The molecule has 0 atom stereocenters. The molecule has 0 N–H and O–H groups in total. The number of benzene rings is 2. The lowest BCUT2D eigenvalue weighted by atomic mass is 10.1. The van der Waals surface area contributed by atoms with E-state index in [4.69, 9.17) is 0 Å². The van der Waals surface area contributed by atoms with Gasteiger partial charge in [0, 0.05) is 49.9 Å². The first-order valence-electron chi connectivity index (χ1n) is 8.14. The molecule has 1 fully saturated rings. The number of rotatable bonds is 4. The Hall–Kier alpha value is -2.32. The fraction of sp³-hybridized carbons (Fsp3) is 0.278. The van der Waals surface area contributed by atoms with E-state index in [0.717, 1.165) is 0 Å². The van der Waals surface area contributed by atoms with Gasteiger partial charge in [-0.3, -0.25) is 19.8 Å². The molecule has 1 heterocycles. The summed E-state index contributed by atoms with van der Waals surface area (Å²) in [6.07, 6.45) is 0. The number of amides is 1. The molecule has 2 aromatic carbocycles. The van der Waals surface area contributed by atoms with Crippen molar-refractivity contribution in [3.8, 4) is 0 Å². The first kappa shape index (κ1) is 18.5. The van der Waals surface area contributed by atoms with Gasteiger partial charge in [0.05, 0.1) is 9.40 Å². The fourth-order valence-electron chi connectivity index (χ4n) is 2.98. The summed E-state index contributed by atoms with van der Waals surface area (Å²) >= 11 is 3.08. The van der Waals surface area contributed by atoms with Gasteiger partial charge in [-0.2, -0.15) is 0 Å². The fourth-order valence-corrected chi connectivity index (χ4v) is 3.23. The molecule has 136 valence electrons. The molecule has 0 spiro atoms. The summed E-state index contributed by atoms with van der Waals surface area (Å²) in [5.74, 6) is -0.674. The molecule has 2 aromatic rings. The Bertz CT molecular complexity index is 838. The highest BCUT2D eigenvalue weighted by Gasteiger charge is 2.24. The first-order chi connectivity index (χ1) is 12.5. The van der Waals surface area contributed by atoms with Crippen molar-refractivity contribution in [2.75, 3.05) is 26.2 Å². The average Bonchev–Trinajstić information content (AvgIpc) is 2.64. The van der Waals surface area contributed by atoms with Crippen molar-refractivity contribution in [2.45, 2.75) is 6.54 Å². The maximum atomic E-state index is 13.6. The van der Waals surface area contributed by atoms with E-state index in [0.29, 0.717) is 48.3 Å². The number of nitro benzene ring substituents is 1. The van der Waals surface area contributed by atoms with E-state index in [1.54, 1.807) is 29.2 Å². The Morgan fingerprint density at radius 1 is 1.15 bits per heavy atom. The van der Waals surface area contributed by atoms with Crippen molar-refractivity contribution in [1.29, 1.82) is 0 Å². The van der Waals surface area contributed by atoms with Crippen LogP contribution in [-0.4, -0.2) is 46.8 Å². The van der Waals surface area contributed by atoms with Crippen LogP contribution in [-0.2, 0) is 6.54 Å². The van der Waals surface area contributed by atoms with E-state index in [2.05, 4.69) is 20.8 Å². The van der Waals surface area contributed by atoms with Crippen LogP contribution in [0.15, 0.2) is 46.9 Å². The van der Waals surface area contributed by atoms with Crippen LogP contribution in [0.1, 0.15) is 15.9 Å². The van der Waals surface area contributed by atoms with Gasteiger partial charge in [0.15, 0.2) is 0 Å². The van der Waals surface area contributed by atoms with Crippen LogP contribution in [0.2, 0.25) is 0 Å². The zero-order valence-electron chi connectivity index (χ0n) is 13.9. The number of para-hydroxylation sites is 1. The van der Waals surface area contributed by atoms with Crippen LogP contribution in [0, 0.1) is 15.9 Å². The van der Waals surface area contributed by atoms with E-state index in [1.807, 2.05) is 0 Å².